The number of benzene rings is 4. The maximum absolute atomic E-state index is 2.56. The van der Waals surface area contributed by atoms with E-state index in [0.717, 1.165) is 18.3 Å². The molecule has 1 heterocycles. The molecular weight excluding hydrogens is 579 g/mol. The summed E-state index contributed by atoms with van der Waals surface area (Å²) >= 11 is 0. The van der Waals surface area contributed by atoms with E-state index in [9.17, 15) is 0 Å². The Morgan fingerprint density at radius 3 is 1.92 bits per heavy atom. The summed E-state index contributed by atoms with van der Waals surface area (Å²) < 4.78 is 2.48. The first-order chi connectivity index (χ1) is 23.3. The Morgan fingerprint density at radius 1 is 0.625 bits per heavy atom. The van der Waals surface area contributed by atoms with E-state index in [4.69, 9.17) is 0 Å². The van der Waals surface area contributed by atoms with Gasteiger partial charge in [0, 0.05) is 29.8 Å². The molecule has 0 bridgehead atoms. The highest BCUT2D eigenvalue weighted by atomic mass is 15.1. The highest BCUT2D eigenvalue weighted by molar-refractivity contribution is 6.10. The van der Waals surface area contributed by atoms with Crippen LogP contribution >= 0.6 is 0 Å². The molecule has 1 aliphatic heterocycles. The second kappa shape index (κ2) is 15.2. The summed E-state index contributed by atoms with van der Waals surface area (Å²) in [6, 6.07) is 26.4. The van der Waals surface area contributed by atoms with Crippen LogP contribution in [0.1, 0.15) is 120 Å². The number of rotatable bonds is 14. The third-order valence-electron chi connectivity index (χ3n) is 11.2. The fraction of sp³-hybridized carbons (Fsp3) is 0.426. The van der Waals surface area contributed by atoms with Gasteiger partial charge in [0.25, 0.3) is 0 Å². The first-order valence-corrected chi connectivity index (χ1v) is 19.1. The molecule has 6 rings (SSSR count). The molecule has 0 fully saturated rings. The van der Waals surface area contributed by atoms with E-state index in [1.807, 2.05) is 0 Å². The molecule has 0 amide bonds. The van der Waals surface area contributed by atoms with Crippen LogP contribution in [0.25, 0.3) is 21.9 Å². The normalized spacial score (nSPS) is 16.6. The highest BCUT2D eigenvalue weighted by Crippen LogP contribution is 2.44. The summed E-state index contributed by atoms with van der Waals surface area (Å²) in [5, 5.41) is 2.98. The van der Waals surface area contributed by atoms with Gasteiger partial charge in [-0.25, -0.2) is 0 Å². The van der Waals surface area contributed by atoms with Gasteiger partial charge in [-0.3, -0.25) is 0 Å². The average molecular weight is 637 g/mol. The lowest BCUT2D eigenvalue weighted by molar-refractivity contribution is 0.449. The van der Waals surface area contributed by atoms with Crippen LogP contribution in [0.2, 0.25) is 0 Å². The van der Waals surface area contributed by atoms with Gasteiger partial charge in [0.1, 0.15) is 0 Å². The molecular formula is C47H58N+. The van der Waals surface area contributed by atoms with E-state index in [0.29, 0.717) is 0 Å². The third kappa shape index (κ3) is 7.17. The summed E-state index contributed by atoms with van der Waals surface area (Å²) in [7, 11) is 0. The fourth-order valence-electron chi connectivity index (χ4n) is 8.28. The van der Waals surface area contributed by atoms with E-state index in [-0.39, 0.29) is 5.92 Å². The van der Waals surface area contributed by atoms with Gasteiger partial charge >= 0.3 is 0 Å². The SMILES string of the molecule is CCCCC(CC)Cc1cc(-c2ccc3c(c2)C2C=C(C)C=CC2=[N+]3c2ccc(C)cc2)cc2c(CC(CC)CCCC)cc(C)cc12. The topological polar surface area (TPSA) is 3.01 Å². The van der Waals surface area contributed by atoms with Crippen LogP contribution in [0, 0.1) is 25.7 Å². The molecule has 0 saturated carbocycles. The highest BCUT2D eigenvalue weighted by Gasteiger charge is 2.39. The van der Waals surface area contributed by atoms with Gasteiger partial charge in [-0.15, -0.1) is 0 Å². The summed E-state index contributed by atoms with van der Waals surface area (Å²) in [4.78, 5) is 0. The molecule has 3 unspecified atom stereocenters. The number of fused-ring (bicyclic) bond motifs is 4. The lowest BCUT2D eigenvalue weighted by Crippen LogP contribution is -2.15. The maximum atomic E-state index is 2.56. The Morgan fingerprint density at radius 2 is 1.27 bits per heavy atom. The summed E-state index contributed by atoms with van der Waals surface area (Å²) in [5.41, 5.74) is 15.2. The number of nitrogens with zero attached hydrogens (tertiary/aromatic N) is 1. The first kappa shape index (κ1) is 34.2. The summed E-state index contributed by atoms with van der Waals surface area (Å²) in [6.45, 7) is 16.2. The second-order valence-electron chi connectivity index (χ2n) is 15.0. The van der Waals surface area contributed by atoms with Crippen molar-refractivity contribution in [2.45, 2.75) is 119 Å². The predicted octanol–water partition coefficient (Wildman–Crippen LogP) is 13.5. The molecule has 1 heteroatoms. The number of aryl methyl sites for hydroxylation is 2. The van der Waals surface area contributed by atoms with E-state index in [2.05, 4.69) is 138 Å². The fourth-order valence-corrected chi connectivity index (χ4v) is 8.28. The zero-order chi connectivity index (χ0) is 33.8. The number of allylic oxidation sites excluding steroid dienone is 4. The molecule has 4 aromatic rings. The quantitative estimate of drug-likeness (QED) is 0.121. The third-order valence-corrected chi connectivity index (χ3v) is 11.2. The first-order valence-electron chi connectivity index (χ1n) is 19.1. The van der Waals surface area contributed by atoms with Crippen LogP contribution in [0.5, 0.6) is 0 Å². The van der Waals surface area contributed by atoms with Gasteiger partial charge in [-0.05, 0) is 96.7 Å². The molecule has 0 saturated heterocycles. The van der Waals surface area contributed by atoms with E-state index in [1.165, 1.54) is 119 Å². The molecule has 0 N–H and O–H groups in total. The van der Waals surface area contributed by atoms with Crippen molar-refractivity contribution in [1.82, 2.24) is 4.58 Å². The molecule has 48 heavy (non-hydrogen) atoms. The largest absolute Gasteiger partial charge is 0.215 e. The van der Waals surface area contributed by atoms with Crippen molar-refractivity contribution in [3.63, 3.8) is 0 Å². The Hall–Kier alpha value is -3.71. The molecule has 0 radical (unpaired) electrons. The lowest BCUT2D eigenvalue weighted by Gasteiger charge is -2.21. The number of hydrogen-bond acceptors (Lipinski definition) is 0. The van der Waals surface area contributed by atoms with E-state index in [1.54, 1.807) is 11.1 Å². The number of unbranched alkanes of at least 4 members (excludes halogenated alkanes) is 2. The van der Waals surface area contributed by atoms with Crippen molar-refractivity contribution in [3.8, 4) is 11.1 Å². The van der Waals surface area contributed by atoms with Crippen LogP contribution in [0.15, 0.2) is 90.5 Å². The minimum atomic E-state index is 0.270. The van der Waals surface area contributed by atoms with Gasteiger partial charge in [0.15, 0.2) is 5.71 Å². The lowest BCUT2D eigenvalue weighted by atomic mass is 9.83. The van der Waals surface area contributed by atoms with Crippen LogP contribution in [0.4, 0.5) is 11.4 Å². The molecule has 2 aliphatic rings. The van der Waals surface area contributed by atoms with Gasteiger partial charge in [-0.1, -0.05) is 138 Å². The van der Waals surface area contributed by atoms with Crippen LogP contribution in [-0.2, 0) is 12.8 Å². The zero-order valence-electron chi connectivity index (χ0n) is 30.8. The molecule has 4 aromatic carbocycles. The standard InChI is InChI=1S/C47H58N/c1-8-12-14-35(10-3)27-39-24-34(7)26-42-40(28-36(11-4)15-13-9-2)29-38(31-43(39)42)37-19-23-47-45(30-37)44-25-33(6)18-22-46(44)48(47)41-20-16-32(5)17-21-41/h16-26,29-31,35-36,44H,8-15,27-28H2,1-7H3/q+1. The van der Waals surface area contributed by atoms with Crippen molar-refractivity contribution in [2.24, 2.45) is 11.8 Å². The minimum Gasteiger partial charge on any atom is -0.157 e. The van der Waals surface area contributed by atoms with Crippen molar-refractivity contribution in [1.29, 1.82) is 0 Å². The molecule has 0 spiro atoms. The second-order valence-corrected chi connectivity index (χ2v) is 15.0. The van der Waals surface area contributed by atoms with Crippen LogP contribution in [-0.4, -0.2) is 5.71 Å². The predicted molar refractivity (Wildman–Crippen MR) is 211 cm³/mol. The average Bonchev–Trinajstić information content (AvgIpc) is 3.41. The summed E-state index contributed by atoms with van der Waals surface area (Å²) in [6.07, 6.45) is 19.7. The van der Waals surface area contributed by atoms with Gasteiger partial charge in [-0.2, -0.15) is 4.58 Å². The maximum Gasteiger partial charge on any atom is 0.215 e. The van der Waals surface area contributed by atoms with Crippen LogP contribution < -0.4 is 4.58 Å². The Labute approximate surface area is 291 Å². The molecule has 0 aromatic heterocycles. The van der Waals surface area contributed by atoms with E-state index >= 15 is 0 Å². The summed E-state index contributed by atoms with van der Waals surface area (Å²) in [5.74, 6) is 1.74. The molecule has 1 aliphatic carbocycles. The monoisotopic (exact) mass is 636 g/mol. The van der Waals surface area contributed by atoms with Gasteiger partial charge < -0.3 is 0 Å². The minimum absolute atomic E-state index is 0.270. The number of hydrogen-bond donors (Lipinski definition) is 0. The smallest absolute Gasteiger partial charge is 0.157 e. The van der Waals surface area contributed by atoms with Crippen LogP contribution in [0.3, 0.4) is 0 Å². The Balaban J connectivity index is 1.49. The van der Waals surface area contributed by atoms with Crippen molar-refractivity contribution < 1.29 is 0 Å². The molecule has 3 atom stereocenters. The Bertz CT molecular complexity index is 1850. The van der Waals surface area contributed by atoms with Gasteiger partial charge in [0.05, 0.1) is 5.92 Å². The Kier molecular flexibility index (Phi) is 10.8. The molecule has 1 nitrogen and oxygen atoms in total. The van der Waals surface area contributed by atoms with Crippen molar-refractivity contribution in [3.05, 3.63) is 118 Å². The van der Waals surface area contributed by atoms with Crippen molar-refractivity contribution >= 4 is 27.9 Å². The zero-order valence-corrected chi connectivity index (χ0v) is 30.8. The van der Waals surface area contributed by atoms with E-state index < -0.39 is 0 Å². The molecule has 250 valence electrons. The van der Waals surface area contributed by atoms with Gasteiger partial charge in [0.2, 0.25) is 11.4 Å². The van der Waals surface area contributed by atoms with Crippen molar-refractivity contribution in [2.75, 3.05) is 0 Å².